The molecule has 0 amide bonds. The monoisotopic (exact) mass is 426 g/mol. The lowest BCUT2D eigenvalue weighted by atomic mass is 9.46. The second-order valence-corrected chi connectivity index (χ2v) is 12.9. The van der Waals surface area contributed by atoms with Crippen molar-refractivity contribution in [3.63, 3.8) is 0 Å². The van der Waals surface area contributed by atoms with E-state index < -0.39 is 0 Å². The molecule has 4 aliphatic carbocycles. The first-order valence-electron chi connectivity index (χ1n) is 13.7. The number of aliphatic hydroxyl groups is 1. The van der Waals surface area contributed by atoms with Crippen molar-refractivity contribution in [3.8, 4) is 0 Å². The van der Waals surface area contributed by atoms with E-state index in [0.29, 0.717) is 28.6 Å². The van der Waals surface area contributed by atoms with Crippen molar-refractivity contribution in [2.24, 2.45) is 58.2 Å². The Balaban J connectivity index is 1.55. The van der Waals surface area contributed by atoms with Crippen molar-refractivity contribution in [3.05, 3.63) is 23.8 Å². The average Bonchev–Trinajstić information content (AvgIpc) is 3.08. The zero-order valence-corrected chi connectivity index (χ0v) is 21.5. The van der Waals surface area contributed by atoms with E-state index in [1.165, 1.54) is 44.9 Å². The van der Waals surface area contributed by atoms with Crippen molar-refractivity contribution >= 4 is 0 Å². The van der Waals surface area contributed by atoms with Crippen LogP contribution >= 0.6 is 0 Å². The van der Waals surface area contributed by atoms with Crippen molar-refractivity contribution in [1.82, 2.24) is 0 Å². The van der Waals surface area contributed by atoms with Crippen molar-refractivity contribution in [1.29, 1.82) is 0 Å². The van der Waals surface area contributed by atoms with Gasteiger partial charge in [-0.1, -0.05) is 72.3 Å². The molecule has 0 heterocycles. The summed E-state index contributed by atoms with van der Waals surface area (Å²) in [4.78, 5) is 0. The van der Waals surface area contributed by atoms with Crippen LogP contribution in [0.5, 0.6) is 0 Å². The third-order valence-corrected chi connectivity index (χ3v) is 11.3. The standard InChI is InChI=1S/C30H50O/c1-8-22(19(2)3)10-9-20(4)24-13-14-26-23-11-12-25-21(5)28(31)16-18-30(25,7)27(23)15-17-29(24,26)6/h9-11,19-22,24-28,31H,8,12-18H2,1-7H3/b10-9+/t20-,21+,22?,24-,25+,26+,27+,28+,29-,30+/m1/s1. The Morgan fingerprint density at radius 2 is 1.68 bits per heavy atom. The maximum absolute atomic E-state index is 10.5. The highest BCUT2D eigenvalue weighted by atomic mass is 16.3. The molecule has 1 unspecified atom stereocenters. The zero-order chi connectivity index (χ0) is 22.6. The minimum atomic E-state index is -0.0804. The van der Waals surface area contributed by atoms with Gasteiger partial charge in [-0.25, -0.2) is 0 Å². The average molecular weight is 427 g/mol. The fourth-order valence-corrected chi connectivity index (χ4v) is 9.13. The molecule has 0 bridgehead atoms. The summed E-state index contributed by atoms with van der Waals surface area (Å²) < 4.78 is 0. The van der Waals surface area contributed by atoms with Gasteiger partial charge in [0, 0.05) is 0 Å². The molecule has 31 heavy (non-hydrogen) atoms. The molecule has 0 radical (unpaired) electrons. The molecule has 176 valence electrons. The summed E-state index contributed by atoms with van der Waals surface area (Å²) in [6.45, 7) is 17.1. The van der Waals surface area contributed by atoms with E-state index in [0.717, 1.165) is 36.0 Å². The van der Waals surface area contributed by atoms with Gasteiger partial charge in [0.2, 0.25) is 0 Å². The number of hydrogen-bond acceptors (Lipinski definition) is 1. The molecule has 4 aliphatic rings. The molecule has 4 rings (SSSR count). The number of hydrogen-bond donors (Lipinski definition) is 1. The minimum absolute atomic E-state index is 0.0804. The minimum Gasteiger partial charge on any atom is -0.393 e. The van der Waals surface area contributed by atoms with Gasteiger partial charge in [-0.15, -0.1) is 0 Å². The van der Waals surface area contributed by atoms with E-state index in [2.05, 4.69) is 66.7 Å². The lowest BCUT2D eigenvalue weighted by molar-refractivity contribution is -0.0767. The number of allylic oxidation sites excluding steroid dienone is 4. The molecule has 0 aliphatic heterocycles. The Morgan fingerprint density at radius 1 is 1.00 bits per heavy atom. The normalized spacial score (nSPS) is 46.9. The second-order valence-electron chi connectivity index (χ2n) is 12.9. The Morgan fingerprint density at radius 3 is 2.35 bits per heavy atom. The van der Waals surface area contributed by atoms with Gasteiger partial charge >= 0.3 is 0 Å². The van der Waals surface area contributed by atoms with E-state index in [-0.39, 0.29) is 6.10 Å². The fourth-order valence-electron chi connectivity index (χ4n) is 9.13. The van der Waals surface area contributed by atoms with Crippen LogP contribution in [0, 0.1) is 58.2 Å². The van der Waals surface area contributed by atoms with Crippen LogP contribution < -0.4 is 0 Å². The van der Waals surface area contributed by atoms with E-state index in [9.17, 15) is 5.11 Å². The van der Waals surface area contributed by atoms with Crippen molar-refractivity contribution in [2.75, 3.05) is 0 Å². The van der Waals surface area contributed by atoms with Gasteiger partial charge < -0.3 is 5.11 Å². The summed E-state index contributed by atoms with van der Waals surface area (Å²) in [5, 5.41) is 10.5. The Kier molecular flexibility index (Phi) is 6.59. The van der Waals surface area contributed by atoms with Crippen LogP contribution in [-0.2, 0) is 0 Å². The first-order chi connectivity index (χ1) is 14.6. The van der Waals surface area contributed by atoms with Gasteiger partial charge in [0.1, 0.15) is 0 Å². The molecule has 0 aromatic rings. The predicted molar refractivity (Wildman–Crippen MR) is 133 cm³/mol. The SMILES string of the molecule is CCC(/C=C/[C@@H](C)[C@H]1CC[C@H]2C3=CC[C@H]4[C@H](C)[C@@H](O)CC[C@]4(C)[C@H]3CC[C@]12C)C(C)C. The van der Waals surface area contributed by atoms with Crippen LogP contribution in [0.15, 0.2) is 23.8 Å². The van der Waals surface area contributed by atoms with Gasteiger partial charge in [-0.3, -0.25) is 0 Å². The van der Waals surface area contributed by atoms with Crippen molar-refractivity contribution < 1.29 is 5.11 Å². The van der Waals surface area contributed by atoms with Gasteiger partial charge in [0.05, 0.1) is 6.10 Å². The molecule has 3 fully saturated rings. The van der Waals surface area contributed by atoms with Crippen LogP contribution in [0.2, 0.25) is 0 Å². The van der Waals surface area contributed by atoms with Crippen molar-refractivity contribution in [2.45, 2.75) is 106 Å². The Hall–Kier alpha value is -0.560. The van der Waals surface area contributed by atoms with Gasteiger partial charge in [-0.05, 0) is 110 Å². The quantitative estimate of drug-likeness (QED) is 0.441. The van der Waals surface area contributed by atoms with Gasteiger partial charge in [-0.2, -0.15) is 0 Å². The lowest BCUT2D eigenvalue weighted by Crippen LogP contribution is -2.52. The highest BCUT2D eigenvalue weighted by Crippen LogP contribution is 2.67. The molecule has 0 spiro atoms. The van der Waals surface area contributed by atoms with E-state index >= 15 is 0 Å². The molecule has 3 saturated carbocycles. The smallest absolute Gasteiger partial charge is 0.0568 e. The highest BCUT2D eigenvalue weighted by Gasteiger charge is 2.58. The van der Waals surface area contributed by atoms with E-state index in [1.54, 1.807) is 0 Å². The molecular formula is C30H50O. The van der Waals surface area contributed by atoms with E-state index in [1.807, 2.05) is 5.57 Å². The number of fused-ring (bicyclic) bond motifs is 5. The van der Waals surface area contributed by atoms with Crippen LogP contribution in [0.25, 0.3) is 0 Å². The highest BCUT2D eigenvalue weighted by molar-refractivity contribution is 5.28. The van der Waals surface area contributed by atoms with Gasteiger partial charge in [0.25, 0.3) is 0 Å². The van der Waals surface area contributed by atoms with E-state index in [4.69, 9.17) is 0 Å². The molecule has 1 nitrogen and oxygen atoms in total. The molecule has 0 saturated heterocycles. The lowest BCUT2D eigenvalue weighted by Gasteiger charge is -2.59. The first kappa shape index (κ1) is 23.6. The molecule has 0 aromatic heterocycles. The van der Waals surface area contributed by atoms with Crippen LogP contribution in [-0.4, -0.2) is 11.2 Å². The summed E-state index contributed by atoms with van der Waals surface area (Å²) in [7, 11) is 0. The third kappa shape index (κ3) is 3.79. The first-order valence-corrected chi connectivity index (χ1v) is 13.7. The van der Waals surface area contributed by atoms with Crippen LogP contribution in [0.3, 0.4) is 0 Å². The molecule has 0 aromatic carbocycles. The Bertz CT molecular complexity index is 703. The number of aliphatic hydroxyl groups excluding tert-OH is 1. The summed E-state index contributed by atoms with van der Waals surface area (Å²) in [5.74, 6) is 5.70. The topological polar surface area (TPSA) is 20.2 Å². The maximum atomic E-state index is 10.5. The molecule has 1 N–H and O–H groups in total. The third-order valence-electron chi connectivity index (χ3n) is 11.3. The summed E-state index contributed by atoms with van der Waals surface area (Å²) in [6.07, 6.45) is 18.1. The summed E-state index contributed by atoms with van der Waals surface area (Å²) in [6, 6.07) is 0. The van der Waals surface area contributed by atoms with Crippen LogP contribution in [0.1, 0.15) is 99.8 Å². The largest absolute Gasteiger partial charge is 0.393 e. The Labute approximate surface area is 193 Å². The predicted octanol–water partition coefficient (Wildman–Crippen LogP) is 8.05. The summed E-state index contributed by atoms with van der Waals surface area (Å²) in [5.41, 5.74) is 2.75. The fraction of sp³-hybridized carbons (Fsp3) is 0.867. The van der Waals surface area contributed by atoms with Crippen LogP contribution in [0.4, 0.5) is 0 Å². The molecular weight excluding hydrogens is 376 g/mol. The molecule has 1 heteroatoms. The molecule has 10 atom stereocenters. The maximum Gasteiger partial charge on any atom is 0.0568 e. The van der Waals surface area contributed by atoms with Gasteiger partial charge in [0.15, 0.2) is 0 Å². The second kappa shape index (κ2) is 8.66. The number of rotatable bonds is 5. The summed E-state index contributed by atoms with van der Waals surface area (Å²) >= 11 is 0. The zero-order valence-electron chi connectivity index (χ0n) is 21.5.